The predicted molar refractivity (Wildman–Crippen MR) is 66.2 cm³/mol. The summed E-state index contributed by atoms with van der Waals surface area (Å²) >= 11 is 3.52. The SMILES string of the molecule is CC(CBr)N(C)CCCN1CCCC1. The van der Waals surface area contributed by atoms with Crippen LogP contribution in [0.1, 0.15) is 26.2 Å². The van der Waals surface area contributed by atoms with Gasteiger partial charge in [-0.15, -0.1) is 0 Å². The van der Waals surface area contributed by atoms with Gasteiger partial charge in [0.15, 0.2) is 0 Å². The van der Waals surface area contributed by atoms with E-state index in [0.29, 0.717) is 6.04 Å². The van der Waals surface area contributed by atoms with E-state index in [-0.39, 0.29) is 0 Å². The Balaban J connectivity index is 2.02. The maximum atomic E-state index is 3.52. The molecular formula is C11H23BrN2. The Kier molecular flexibility index (Phi) is 6.06. The quantitative estimate of drug-likeness (QED) is 0.678. The first kappa shape index (κ1) is 12.5. The molecule has 0 aliphatic carbocycles. The standard InChI is InChI=1S/C11H23BrN2/c1-11(10-12)13(2)6-5-9-14-7-3-4-8-14/h11H,3-10H2,1-2H3. The molecule has 1 atom stereocenters. The van der Waals surface area contributed by atoms with Crippen LogP contribution in [0.25, 0.3) is 0 Å². The number of hydrogen-bond acceptors (Lipinski definition) is 2. The second-order valence-corrected chi connectivity index (χ2v) is 5.03. The van der Waals surface area contributed by atoms with Crippen LogP contribution >= 0.6 is 15.9 Å². The summed E-state index contributed by atoms with van der Waals surface area (Å²) in [6, 6.07) is 0.661. The molecule has 0 N–H and O–H groups in total. The van der Waals surface area contributed by atoms with E-state index in [1.165, 1.54) is 45.4 Å². The summed E-state index contributed by atoms with van der Waals surface area (Å²) in [4.78, 5) is 5.03. The van der Waals surface area contributed by atoms with E-state index in [2.05, 4.69) is 39.7 Å². The van der Waals surface area contributed by atoms with E-state index < -0.39 is 0 Å². The van der Waals surface area contributed by atoms with Gasteiger partial charge in [-0.1, -0.05) is 15.9 Å². The zero-order valence-corrected chi connectivity index (χ0v) is 11.1. The lowest BCUT2D eigenvalue weighted by molar-refractivity contribution is 0.248. The molecule has 0 aromatic rings. The Hall–Kier alpha value is 0.400. The van der Waals surface area contributed by atoms with Crippen molar-refractivity contribution in [3.63, 3.8) is 0 Å². The van der Waals surface area contributed by atoms with Gasteiger partial charge in [0.1, 0.15) is 0 Å². The van der Waals surface area contributed by atoms with E-state index in [9.17, 15) is 0 Å². The molecule has 2 nitrogen and oxygen atoms in total. The third-order valence-electron chi connectivity index (χ3n) is 3.16. The average molecular weight is 263 g/mol. The van der Waals surface area contributed by atoms with Crippen LogP contribution < -0.4 is 0 Å². The summed E-state index contributed by atoms with van der Waals surface area (Å²) in [7, 11) is 2.22. The third-order valence-corrected chi connectivity index (χ3v) is 4.10. The summed E-state index contributed by atoms with van der Waals surface area (Å²) in [6.07, 6.45) is 4.13. The number of hydrogen-bond donors (Lipinski definition) is 0. The molecule has 1 unspecified atom stereocenters. The van der Waals surface area contributed by atoms with Crippen molar-refractivity contribution in [3.8, 4) is 0 Å². The van der Waals surface area contributed by atoms with Gasteiger partial charge in [0.25, 0.3) is 0 Å². The van der Waals surface area contributed by atoms with Crippen LogP contribution in [0.5, 0.6) is 0 Å². The number of nitrogens with zero attached hydrogens (tertiary/aromatic N) is 2. The molecule has 0 saturated carbocycles. The van der Waals surface area contributed by atoms with Crippen molar-refractivity contribution >= 4 is 15.9 Å². The number of likely N-dealkylation sites (tertiary alicyclic amines) is 1. The predicted octanol–water partition coefficient (Wildman–Crippen LogP) is 2.19. The zero-order chi connectivity index (χ0) is 10.4. The number of rotatable bonds is 6. The normalized spacial score (nSPS) is 20.6. The summed E-state index contributed by atoms with van der Waals surface area (Å²) in [5.41, 5.74) is 0. The largest absolute Gasteiger partial charge is 0.303 e. The van der Waals surface area contributed by atoms with Crippen LogP contribution in [-0.4, -0.2) is 54.4 Å². The van der Waals surface area contributed by atoms with Crippen molar-refractivity contribution < 1.29 is 0 Å². The van der Waals surface area contributed by atoms with Gasteiger partial charge in [-0.05, 0) is 59.4 Å². The molecular weight excluding hydrogens is 240 g/mol. The highest BCUT2D eigenvalue weighted by atomic mass is 79.9. The van der Waals surface area contributed by atoms with E-state index in [1.807, 2.05) is 0 Å². The van der Waals surface area contributed by atoms with Crippen molar-refractivity contribution in [1.29, 1.82) is 0 Å². The minimum Gasteiger partial charge on any atom is -0.303 e. The van der Waals surface area contributed by atoms with E-state index in [1.54, 1.807) is 0 Å². The van der Waals surface area contributed by atoms with Gasteiger partial charge in [-0.2, -0.15) is 0 Å². The van der Waals surface area contributed by atoms with Crippen LogP contribution in [0.3, 0.4) is 0 Å². The van der Waals surface area contributed by atoms with E-state index in [0.717, 1.165) is 5.33 Å². The maximum Gasteiger partial charge on any atom is 0.0185 e. The lowest BCUT2D eigenvalue weighted by Crippen LogP contribution is -2.33. The fourth-order valence-corrected chi connectivity index (χ4v) is 2.38. The number of alkyl halides is 1. The smallest absolute Gasteiger partial charge is 0.0185 e. The van der Waals surface area contributed by atoms with Gasteiger partial charge in [0.05, 0.1) is 0 Å². The summed E-state index contributed by atoms with van der Waals surface area (Å²) < 4.78 is 0. The molecule has 0 aromatic carbocycles. The Labute approximate surface area is 96.8 Å². The average Bonchev–Trinajstić information content (AvgIpc) is 2.69. The Morgan fingerprint density at radius 3 is 2.57 bits per heavy atom. The van der Waals surface area contributed by atoms with Gasteiger partial charge < -0.3 is 9.80 Å². The molecule has 1 aliphatic heterocycles. The molecule has 84 valence electrons. The van der Waals surface area contributed by atoms with Crippen molar-refractivity contribution in [2.45, 2.75) is 32.2 Å². The maximum absolute atomic E-state index is 3.52. The summed E-state index contributed by atoms with van der Waals surface area (Å²) in [6.45, 7) is 7.45. The molecule has 3 heteroatoms. The van der Waals surface area contributed by atoms with Gasteiger partial charge >= 0.3 is 0 Å². The fourth-order valence-electron chi connectivity index (χ4n) is 1.89. The number of halogens is 1. The molecule has 0 spiro atoms. The minimum absolute atomic E-state index is 0.661. The van der Waals surface area contributed by atoms with Crippen LogP contribution in [0.15, 0.2) is 0 Å². The van der Waals surface area contributed by atoms with Crippen LogP contribution in [-0.2, 0) is 0 Å². The Morgan fingerprint density at radius 1 is 1.36 bits per heavy atom. The molecule has 1 saturated heterocycles. The second-order valence-electron chi connectivity index (χ2n) is 4.39. The van der Waals surface area contributed by atoms with Crippen molar-refractivity contribution in [2.24, 2.45) is 0 Å². The lowest BCUT2D eigenvalue weighted by atomic mass is 10.3. The molecule has 14 heavy (non-hydrogen) atoms. The molecule has 0 amide bonds. The van der Waals surface area contributed by atoms with Crippen LogP contribution in [0, 0.1) is 0 Å². The molecule has 0 aromatic heterocycles. The highest BCUT2D eigenvalue weighted by Gasteiger charge is 2.12. The fraction of sp³-hybridized carbons (Fsp3) is 1.00. The van der Waals surface area contributed by atoms with Gasteiger partial charge in [0.2, 0.25) is 0 Å². The monoisotopic (exact) mass is 262 g/mol. The van der Waals surface area contributed by atoms with Crippen molar-refractivity contribution in [3.05, 3.63) is 0 Å². The van der Waals surface area contributed by atoms with Gasteiger partial charge in [-0.3, -0.25) is 0 Å². The first-order valence-electron chi connectivity index (χ1n) is 5.72. The van der Waals surface area contributed by atoms with E-state index in [4.69, 9.17) is 0 Å². The summed E-state index contributed by atoms with van der Waals surface area (Å²) in [5, 5.41) is 1.08. The second kappa shape index (κ2) is 6.81. The van der Waals surface area contributed by atoms with Crippen LogP contribution in [0.2, 0.25) is 0 Å². The first-order chi connectivity index (χ1) is 6.74. The minimum atomic E-state index is 0.661. The molecule has 1 heterocycles. The molecule has 0 radical (unpaired) electrons. The Bertz CT molecular complexity index is 146. The topological polar surface area (TPSA) is 6.48 Å². The molecule has 1 aliphatic rings. The Morgan fingerprint density at radius 2 is 2.00 bits per heavy atom. The highest BCUT2D eigenvalue weighted by molar-refractivity contribution is 9.09. The van der Waals surface area contributed by atoms with E-state index >= 15 is 0 Å². The molecule has 0 bridgehead atoms. The first-order valence-corrected chi connectivity index (χ1v) is 6.84. The molecule has 1 rings (SSSR count). The van der Waals surface area contributed by atoms with Gasteiger partial charge in [0, 0.05) is 11.4 Å². The lowest BCUT2D eigenvalue weighted by Gasteiger charge is -2.24. The zero-order valence-electron chi connectivity index (χ0n) is 9.51. The van der Waals surface area contributed by atoms with Crippen molar-refractivity contribution in [2.75, 3.05) is 38.6 Å². The highest BCUT2D eigenvalue weighted by Crippen LogP contribution is 2.08. The third kappa shape index (κ3) is 4.28. The van der Waals surface area contributed by atoms with Crippen molar-refractivity contribution in [1.82, 2.24) is 9.80 Å². The molecule has 1 fully saturated rings. The van der Waals surface area contributed by atoms with Gasteiger partial charge in [-0.25, -0.2) is 0 Å². The summed E-state index contributed by atoms with van der Waals surface area (Å²) in [5.74, 6) is 0. The van der Waals surface area contributed by atoms with Crippen LogP contribution in [0.4, 0.5) is 0 Å².